The molecule has 0 saturated heterocycles. The van der Waals surface area contributed by atoms with E-state index < -0.39 is 5.97 Å². The van der Waals surface area contributed by atoms with Gasteiger partial charge in [-0.3, -0.25) is 9.59 Å². The van der Waals surface area contributed by atoms with Crippen LogP contribution in [0.2, 0.25) is 0 Å². The van der Waals surface area contributed by atoms with Gasteiger partial charge in [-0.2, -0.15) is 0 Å². The number of hydrogen-bond donors (Lipinski definition) is 2. The third-order valence-electron chi connectivity index (χ3n) is 4.60. The molecule has 1 atom stereocenters. The highest BCUT2D eigenvalue weighted by Gasteiger charge is 2.21. The molecule has 1 unspecified atom stereocenters. The fourth-order valence-electron chi connectivity index (χ4n) is 3.22. The lowest BCUT2D eigenvalue weighted by Gasteiger charge is -2.27. The van der Waals surface area contributed by atoms with Crippen LogP contribution in [0, 0.1) is 11.8 Å². The van der Waals surface area contributed by atoms with Crippen molar-refractivity contribution in [2.75, 3.05) is 6.54 Å². The molecule has 4 heteroatoms. The summed E-state index contributed by atoms with van der Waals surface area (Å²) in [6, 6.07) is 0. The highest BCUT2D eigenvalue weighted by Crippen LogP contribution is 2.31. The van der Waals surface area contributed by atoms with Crippen LogP contribution >= 0.6 is 0 Å². The van der Waals surface area contributed by atoms with Crippen molar-refractivity contribution in [2.45, 2.75) is 77.6 Å². The van der Waals surface area contributed by atoms with E-state index in [2.05, 4.69) is 12.2 Å². The van der Waals surface area contributed by atoms with Crippen LogP contribution in [-0.4, -0.2) is 23.5 Å². The van der Waals surface area contributed by atoms with E-state index in [9.17, 15) is 9.59 Å². The van der Waals surface area contributed by atoms with Gasteiger partial charge in [-0.25, -0.2) is 0 Å². The van der Waals surface area contributed by atoms with E-state index in [-0.39, 0.29) is 12.3 Å². The second kappa shape index (κ2) is 10.6. The molecule has 1 rings (SSSR count). The first-order valence-corrected chi connectivity index (χ1v) is 8.58. The monoisotopic (exact) mass is 297 g/mol. The van der Waals surface area contributed by atoms with E-state index in [1.54, 1.807) is 0 Å². The van der Waals surface area contributed by atoms with Gasteiger partial charge in [-0.1, -0.05) is 51.9 Å². The lowest BCUT2D eigenvalue weighted by Crippen LogP contribution is -2.28. The molecule has 0 spiro atoms. The molecule has 0 aliphatic heterocycles. The Morgan fingerprint density at radius 2 is 1.76 bits per heavy atom. The lowest BCUT2D eigenvalue weighted by atomic mass is 9.79. The fourth-order valence-corrected chi connectivity index (χ4v) is 3.22. The van der Waals surface area contributed by atoms with Gasteiger partial charge in [0.05, 0.1) is 0 Å². The summed E-state index contributed by atoms with van der Waals surface area (Å²) in [4.78, 5) is 22.2. The largest absolute Gasteiger partial charge is 0.481 e. The summed E-state index contributed by atoms with van der Waals surface area (Å²) < 4.78 is 0. The number of carbonyl (C=O) groups excluding carboxylic acids is 1. The van der Waals surface area contributed by atoms with Crippen LogP contribution in [0.1, 0.15) is 77.6 Å². The van der Waals surface area contributed by atoms with Crippen molar-refractivity contribution >= 4 is 11.9 Å². The number of carbonyl (C=O) groups is 2. The number of nitrogens with one attached hydrogen (secondary N) is 1. The average molecular weight is 297 g/mol. The Balaban J connectivity index is 1.99. The Labute approximate surface area is 128 Å². The first-order valence-electron chi connectivity index (χ1n) is 8.58. The molecule has 0 aromatic carbocycles. The van der Waals surface area contributed by atoms with Gasteiger partial charge in [0.1, 0.15) is 0 Å². The van der Waals surface area contributed by atoms with E-state index in [1.807, 2.05) is 0 Å². The van der Waals surface area contributed by atoms with Gasteiger partial charge < -0.3 is 10.4 Å². The predicted octanol–water partition coefficient (Wildman–Crippen LogP) is 3.74. The molecule has 4 nitrogen and oxygen atoms in total. The molecule has 0 aromatic heterocycles. The zero-order valence-electron chi connectivity index (χ0n) is 13.4. The first-order chi connectivity index (χ1) is 10.1. The Morgan fingerprint density at radius 1 is 1.10 bits per heavy atom. The van der Waals surface area contributed by atoms with Crippen LogP contribution in [0.25, 0.3) is 0 Å². The quantitative estimate of drug-likeness (QED) is 0.604. The number of aliphatic carboxylic acids is 1. The van der Waals surface area contributed by atoms with E-state index >= 15 is 0 Å². The van der Waals surface area contributed by atoms with Crippen molar-refractivity contribution in [1.29, 1.82) is 0 Å². The normalized spacial score (nSPS) is 17.4. The summed E-state index contributed by atoms with van der Waals surface area (Å²) in [7, 11) is 0. The van der Waals surface area contributed by atoms with Crippen molar-refractivity contribution in [1.82, 2.24) is 5.32 Å². The van der Waals surface area contributed by atoms with Gasteiger partial charge in [-0.05, 0) is 24.7 Å². The Bertz CT molecular complexity index is 311. The van der Waals surface area contributed by atoms with Gasteiger partial charge in [0.2, 0.25) is 5.91 Å². The van der Waals surface area contributed by atoms with Gasteiger partial charge in [0.25, 0.3) is 0 Å². The smallest absolute Gasteiger partial charge is 0.303 e. The fraction of sp³-hybridized carbons (Fsp3) is 0.882. The minimum absolute atomic E-state index is 0.179. The van der Waals surface area contributed by atoms with Gasteiger partial charge in [-0.15, -0.1) is 0 Å². The molecule has 1 amide bonds. The zero-order chi connectivity index (χ0) is 15.5. The highest BCUT2D eigenvalue weighted by molar-refractivity contribution is 5.76. The van der Waals surface area contributed by atoms with E-state index in [4.69, 9.17) is 5.11 Å². The SMILES string of the molecule is CC(CC(=O)NCCCCCCC(=O)O)C1CCCCC1. The highest BCUT2D eigenvalue weighted by atomic mass is 16.4. The van der Waals surface area contributed by atoms with Crippen LogP contribution in [0.3, 0.4) is 0 Å². The molecule has 21 heavy (non-hydrogen) atoms. The molecular weight excluding hydrogens is 266 g/mol. The van der Waals surface area contributed by atoms with Crippen molar-refractivity contribution in [3.05, 3.63) is 0 Å². The standard InChI is InChI=1S/C17H31NO3/c1-14(15-9-5-4-6-10-15)13-16(19)18-12-8-3-2-7-11-17(20)21/h14-15H,2-13H2,1H3,(H,18,19)(H,20,21). The van der Waals surface area contributed by atoms with Gasteiger partial charge in [0.15, 0.2) is 0 Å². The number of rotatable bonds is 10. The summed E-state index contributed by atoms with van der Waals surface area (Å²) in [5, 5.41) is 11.5. The first kappa shape index (κ1) is 18.0. The third kappa shape index (κ3) is 8.74. The molecule has 1 fully saturated rings. The van der Waals surface area contributed by atoms with Crippen molar-refractivity contribution < 1.29 is 14.7 Å². The van der Waals surface area contributed by atoms with Crippen molar-refractivity contribution in [2.24, 2.45) is 11.8 Å². The molecule has 0 bridgehead atoms. The summed E-state index contributed by atoms with van der Waals surface area (Å²) in [6.07, 6.45) is 11.1. The van der Waals surface area contributed by atoms with Gasteiger partial charge in [0, 0.05) is 19.4 Å². The molecule has 1 saturated carbocycles. The van der Waals surface area contributed by atoms with Crippen LogP contribution in [0.5, 0.6) is 0 Å². The zero-order valence-corrected chi connectivity index (χ0v) is 13.4. The number of amides is 1. The summed E-state index contributed by atoms with van der Waals surface area (Å²) >= 11 is 0. The molecule has 0 aromatic rings. The molecular formula is C17H31NO3. The van der Waals surface area contributed by atoms with Crippen LogP contribution < -0.4 is 5.32 Å². The summed E-state index contributed by atoms with van der Waals surface area (Å²) in [5.74, 6) is 0.694. The van der Waals surface area contributed by atoms with E-state index in [0.29, 0.717) is 12.3 Å². The summed E-state index contributed by atoms with van der Waals surface area (Å²) in [6.45, 7) is 2.94. The van der Waals surface area contributed by atoms with E-state index in [0.717, 1.165) is 38.1 Å². The summed E-state index contributed by atoms with van der Waals surface area (Å²) in [5.41, 5.74) is 0. The van der Waals surface area contributed by atoms with E-state index in [1.165, 1.54) is 32.1 Å². The lowest BCUT2D eigenvalue weighted by molar-refractivity contribution is -0.137. The predicted molar refractivity (Wildman–Crippen MR) is 84.1 cm³/mol. The average Bonchev–Trinajstić information content (AvgIpc) is 2.46. The molecule has 1 aliphatic rings. The molecule has 2 N–H and O–H groups in total. The second-order valence-electron chi connectivity index (χ2n) is 6.49. The number of carboxylic acid groups (broad SMARTS) is 1. The number of carboxylic acids is 1. The number of unbranched alkanes of at least 4 members (excludes halogenated alkanes) is 3. The minimum Gasteiger partial charge on any atom is -0.481 e. The minimum atomic E-state index is -0.722. The molecule has 1 aliphatic carbocycles. The maximum absolute atomic E-state index is 11.9. The topological polar surface area (TPSA) is 66.4 Å². The second-order valence-corrected chi connectivity index (χ2v) is 6.49. The third-order valence-corrected chi connectivity index (χ3v) is 4.60. The Hall–Kier alpha value is -1.06. The van der Waals surface area contributed by atoms with Crippen molar-refractivity contribution in [3.63, 3.8) is 0 Å². The maximum atomic E-state index is 11.9. The van der Waals surface area contributed by atoms with Crippen LogP contribution in [0.4, 0.5) is 0 Å². The van der Waals surface area contributed by atoms with Gasteiger partial charge >= 0.3 is 5.97 Å². The molecule has 0 radical (unpaired) electrons. The molecule has 122 valence electrons. The number of hydrogen-bond acceptors (Lipinski definition) is 2. The molecule has 0 heterocycles. The van der Waals surface area contributed by atoms with Crippen LogP contribution in [-0.2, 0) is 9.59 Å². The Morgan fingerprint density at radius 3 is 2.43 bits per heavy atom. The van der Waals surface area contributed by atoms with Crippen molar-refractivity contribution in [3.8, 4) is 0 Å². The Kier molecular flexibility index (Phi) is 9.11. The maximum Gasteiger partial charge on any atom is 0.303 e. The van der Waals surface area contributed by atoms with Crippen LogP contribution in [0.15, 0.2) is 0 Å².